The molecule has 21 heavy (non-hydrogen) atoms. The first-order valence-corrected chi connectivity index (χ1v) is 8.23. The predicted molar refractivity (Wildman–Crippen MR) is 82.2 cm³/mol. The number of carbonyl (C=O) groups excluding carboxylic acids is 2. The first-order valence-electron chi connectivity index (χ1n) is 6.26. The van der Waals surface area contributed by atoms with Crippen LogP contribution in [0.3, 0.4) is 0 Å². The summed E-state index contributed by atoms with van der Waals surface area (Å²) in [6, 6.07) is 1.99. The number of nitrogens with zero attached hydrogens (tertiary/aromatic N) is 1. The van der Waals surface area contributed by atoms with Gasteiger partial charge >= 0.3 is 11.9 Å². The summed E-state index contributed by atoms with van der Waals surface area (Å²) < 4.78 is 9.77. The van der Waals surface area contributed by atoms with E-state index in [1.807, 2.05) is 6.07 Å². The van der Waals surface area contributed by atoms with Crippen molar-refractivity contribution in [1.82, 2.24) is 0 Å². The van der Waals surface area contributed by atoms with Crippen LogP contribution < -0.4 is 5.73 Å². The van der Waals surface area contributed by atoms with E-state index in [1.54, 1.807) is 13.8 Å². The van der Waals surface area contributed by atoms with Gasteiger partial charge in [-0.05, 0) is 13.8 Å². The summed E-state index contributed by atoms with van der Waals surface area (Å²) in [4.78, 5) is 23.5. The van der Waals surface area contributed by atoms with Crippen LogP contribution >= 0.6 is 23.1 Å². The van der Waals surface area contributed by atoms with Crippen LogP contribution in [0.2, 0.25) is 0 Å². The molecule has 1 rings (SSSR count). The van der Waals surface area contributed by atoms with Crippen LogP contribution in [-0.2, 0) is 20.0 Å². The fourth-order valence-electron chi connectivity index (χ4n) is 1.55. The Bertz CT molecular complexity index is 563. The van der Waals surface area contributed by atoms with E-state index in [4.69, 9.17) is 20.5 Å². The van der Waals surface area contributed by atoms with E-state index in [0.29, 0.717) is 22.8 Å². The SMILES string of the molecule is CCOC(=O)CSCc1c(C(=O)OCC)sc(N)c1C#N. The van der Waals surface area contributed by atoms with Crippen molar-refractivity contribution in [2.24, 2.45) is 0 Å². The first-order chi connectivity index (χ1) is 10.0. The Morgan fingerprint density at radius 3 is 2.57 bits per heavy atom. The molecule has 0 fully saturated rings. The number of anilines is 1. The molecule has 0 saturated carbocycles. The summed E-state index contributed by atoms with van der Waals surface area (Å²) in [6.45, 7) is 4.00. The molecule has 0 radical (unpaired) electrons. The Kier molecular flexibility index (Phi) is 7.05. The maximum absolute atomic E-state index is 11.9. The van der Waals surface area contributed by atoms with Gasteiger partial charge < -0.3 is 15.2 Å². The molecule has 1 aromatic heterocycles. The number of hydrogen-bond donors (Lipinski definition) is 1. The number of rotatable bonds is 7. The van der Waals surface area contributed by atoms with Crippen molar-refractivity contribution >= 4 is 40.0 Å². The van der Waals surface area contributed by atoms with Gasteiger partial charge in [-0.3, -0.25) is 4.79 Å². The summed E-state index contributed by atoms with van der Waals surface area (Å²) in [7, 11) is 0. The van der Waals surface area contributed by atoms with Gasteiger partial charge in [0.05, 0.1) is 24.5 Å². The fourth-order valence-corrected chi connectivity index (χ4v) is 3.41. The minimum Gasteiger partial charge on any atom is -0.465 e. The minimum atomic E-state index is -0.498. The van der Waals surface area contributed by atoms with Gasteiger partial charge in [0.2, 0.25) is 0 Å². The zero-order valence-electron chi connectivity index (χ0n) is 11.8. The lowest BCUT2D eigenvalue weighted by Crippen LogP contribution is -2.08. The quantitative estimate of drug-likeness (QED) is 0.765. The van der Waals surface area contributed by atoms with Gasteiger partial charge in [0.1, 0.15) is 15.9 Å². The smallest absolute Gasteiger partial charge is 0.348 e. The van der Waals surface area contributed by atoms with Crippen LogP contribution in [-0.4, -0.2) is 30.9 Å². The van der Waals surface area contributed by atoms with Crippen molar-refractivity contribution in [2.75, 3.05) is 24.7 Å². The molecule has 114 valence electrons. The van der Waals surface area contributed by atoms with Gasteiger partial charge in [-0.25, -0.2) is 4.79 Å². The zero-order chi connectivity index (χ0) is 15.8. The normalized spacial score (nSPS) is 9.95. The zero-order valence-corrected chi connectivity index (χ0v) is 13.4. The molecule has 1 heterocycles. The van der Waals surface area contributed by atoms with Crippen molar-refractivity contribution in [2.45, 2.75) is 19.6 Å². The Balaban J connectivity index is 2.86. The molecule has 2 N–H and O–H groups in total. The number of nitriles is 1. The highest BCUT2D eigenvalue weighted by Gasteiger charge is 2.22. The molecule has 0 unspecified atom stereocenters. The molecule has 0 saturated heterocycles. The third kappa shape index (κ3) is 4.65. The van der Waals surface area contributed by atoms with Crippen molar-refractivity contribution < 1.29 is 19.1 Å². The molecule has 0 aliphatic rings. The van der Waals surface area contributed by atoms with E-state index >= 15 is 0 Å². The topological polar surface area (TPSA) is 102 Å². The molecule has 0 amide bonds. The lowest BCUT2D eigenvalue weighted by atomic mass is 10.2. The van der Waals surface area contributed by atoms with Crippen LogP contribution in [0, 0.1) is 11.3 Å². The maximum atomic E-state index is 11.9. The molecule has 0 bridgehead atoms. The van der Waals surface area contributed by atoms with Gasteiger partial charge in [-0.15, -0.1) is 23.1 Å². The Labute approximate surface area is 131 Å². The van der Waals surface area contributed by atoms with Crippen LogP contribution in [0.15, 0.2) is 0 Å². The molecule has 1 aromatic rings. The third-order valence-corrected chi connectivity index (χ3v) is 4.35. The number of carbonyl (C=O) groups is 2. The highest BCUT2D eigenvalue weighted by molar-refractivity contribution is 7.99. The lowest BCUT2D eigenvalue weighted by molar-refractivity contribution is -0.139. The third-order valence-electron chi connectivity index (χ3n) is 2.38. The van der Waals surface area contributed by atoms with Crippen LogP contribution in [0.25, 0.3) is 0 Å². The van der Waals surface area contributed by atoms with E-state index in [0.717, 1.165) is 11.3 Å². The highest BCUT2D eigenvalue weighted by atomic mass is 32.2. The van der Waals surface area contributed by atoms with Crippen molar-refractivity contribution in [3.05, 3.63) is 16.0 Å². The summed E-state index contributed by atoms with van der Waals surface area (Å²) >= 11 is 2.30. The Morgan fingerprint density at radius 1 is 1.33 bits per heavy atom. The number of hydrogen-bond acceptors (Lipinski definition) is 8. The molecular weight excluding hydrogens is 312 g/mol. The maximum Gasteiger partial charge on any atom is 0.348 e. The molecule has 0 atom stereocenters. The average Bonchev–Trinajstić information content (AvgIpc) is 2.75. The number of thioether (sulfide) groups is 1. The predicted octanol–water partition coefficient (Wildman–Crippen LogP) is 2.17. The van der Waals surface area contributed by atoms with E-state index in [1.165, 1.54) is 11.8 Å². The van der Waals surface area contributed by atoms with Gasteiger partial charge in [0, 0.05) is 11.3 Å². The van der Waals surface area contributed by atoms with Crippen LogP contribution in [0.1, 0.15) is 34.6 Å². The number of nitrogens with two attached hydrogens (primary N) is 1. The van der Waals surface area contributed by atoms with E-state index in [2.05, 4.69) is 0 Å². The average molecular weight is 328 g/mol. The highest BCUT2D eigenvalue weighted by Crippen LogP contribution is 2.33. The number of esters is 2. The fraction of sp³-hybridized carbons (Fsp3) is 0.462. The monoisotopic (exact) mass is 328 g/mol. The van der Waals surface area contributed by atoms with E-state index < -0.39 is 5.97 Å². The minimum absolute atomic E-state index is 0.150. The number of ether oxygens (including phenoxy) is 2. The molecule has 0 spiro atoms. The summed E-state index contributed by atoms with van der Waals surface area (Å²) in [6.07, 6.45) is 0. The molecule has 8 heteroatoms. The van der Waals surface area contributed by atoms with E-state index in [9.17, 15) is 9.59 Å². The van der Waals surface area contributed by atoms with Crippen molar-refractivity contribution in [1.29, 1.82) is 5.26 Å². The molecule has 0 aliphatic carbocycles. The molecule has 0 aromatic carbocycles. The largest absolute Gasteiger partial charge is 0.465 e. The van der Waals surface area contributed by atoms with E-state index in [-0.39, 0.29) is 28.9 Å². The van der Waals surface area contributed by atoms with Crippen LogP contribution in [0.4, 0.5) is 5.00 Å². The first kappa shape index (κ1) is 17.3. The summed E-state index contributed by atoms with van der Waals surface area (Å²) in [5, 5.41) is 9.43. The van der Waals surface area contributed by atoms with Gasteiger partial charge in [0.25, 0.3) is 0 Å². The second-order valence-corrected chi connectivity index (χ2v) is 5.82. The van der Waals surface area contributed by atoms with Crippen LogP contribution in [0.5, 0.6) is 0 Å². The Hall–Kier alpha value is -1.72. The number of nitrogen functional groups attached to an aromatic ring is 1. The van der Waals surface area contributed by atoms with Gasteiger partial charge in [-0.2, -0.15) is 5.26 Å². The molecular formula is C13H16N2O4S2. The van der Waals surface area contributed by atoms with Crippen molar-refractivity contribution in [3.8, 4) is 6.07 Å². The van der Waals surface area contributed by atoms with Gasteiger partial charge in [0.15, 0.2) is 0 Å². The summed E-state index contributed by atoms with van der Waals surface area (Å²) in [5.74, 6) is -0.357. The Morgan fingerprint density at radius 2 is 2.00 bits per heavy atom. The molecule has 0 aliphatic heterocycles. The molecule has 6 nitrogen and oxygen atoms in total. The number of thiophene rings is 1. The van der Waals surface area contributed by atoms with Gasteiger partial charge in [-0.1, -0.05) is 0 Å². The second-order valence-electron chi connectivity index (χ2n) is 3.78. The summed E-state index contributed by atoms with van der Waals surface area (Å²) in [5.41, 5.74) is 6.55. The second kappa shape index (κ2) is 8.54. The van der Waals surface area contributed by atoms with Crippen molar-refractivity contribution in [3.63, 3.8) is 0 Å². The lowest BCUT2D eigenvalue weighted by Gasteiger charge is -2.04. The standard InChI is InChI=1S/C13H16N2O4S2/c1-3-18-10(16)7-20-6-9-8(5-14)12(15)21-11(9)13(17)19-4-2/h3-4,6-7,15H2,1-2H3.